The minimum atomic E-state index is -0.416. The number of anilines is 1. The molecule has 0 bridgehead atoms. The number of ether oxygens (including phenoxy) is 3. The zero-order valence-electron chi connectivity index (χ0n) is 12.3. The predicted molar refractivity (Wildman–Crippen MR) is 78.0 cm³/mol. The molecule has 0 heterocycles. The lowest BCUT2D eigenvalue weighted by molar-refractivity contribution is 0.0600. The second kappa shape index (κ2) is 8.43. The van der Waals surface area contributed by atoms with Crippen LogP contribution in [0.5, 0.6) is 5.75 Å². The zero-order valence-corrected chi connectivity index (χ0v) is 12.3. The molecule has 112 valence electrons. The van der Waals surface area contributed by atoms with Crippen LogP contribution in [-0.2, 0) is 9.47 Å². The van der Waals surface area contributed by atoms with Crippen molar-refractivity contribution in [3.05, 3.63) is 23.8 Å². The van der Waals surface area contributed by atoms with Gasteiger partial charge in [-0.25, -0.2) is 4.79 Å². The van der Waals surface area contributed by atoms with E-state index in [2.05, 4.69) is 18.6 Å². The van der Waals surface area contributed by atoms with Gasteiger partial charge in [0, 0.05) is 6.61 Å². The molecule has 5 heteroatoms. The summed E-state index contributed by atoms with van der Waals surface area (Å²) in [5.41, 5.74) is 6.64. The second-order valence-electron chi connectivity index (χ2n) is 4.89. The van der Waals surface area contributed by atoms with Crippen LogP contribution in [0.3, 0.4) is 0 Å². The maximum atomic E-state index is 11.3. The molecule has 0 saturated carbocycles. The van der Waals surface area contributed by atoms with Crippen molar-refractivity contribution < 1.29 is 19.0 Å². The van der Waals surface area contributed by atoms with Crippen LogP contribution in [0.1, 0.15) is 30.6 Å². The van der Waals surface area contributed by atoms with Gasteiger partial charge in [-0.3, -0.25) is 0 Å². The first kappa shape index (κ1) is 16.3. The first-order chi connectivity index (χ1) is 9.54. The number of hydrogen-bond donors (Lipinski definition) is 1. The number of methoxy groups -OCH3 is 1. The fraction of sp³-hybridized carbons (Fsp3) is 0.533. The number of carbonyl (C=O) groups is 1. The summed E-state index contributed by atoms with van der Waals surface area (Å²) in [5, 5.41) is 0. The highest BCUT2D eigenvalue weighted by molar-refractivity contribution is 5.90. The molecule has 0 aromatic heterocycles. The first-order valence-corrected chi connectivity index (χ1v) is 6.73. The van der Waals surface area contributed by atoms with Crippen LogP contribution < -0.4 is 10.5 Å². The highest BCUT2D eigenvalue weighted by atomic mass is 16.5. The molecule has 5 nitrogen and oxygen atoms in total. The van der Waals surface area contributed by atoms with Crippen LogP contribution in [0.25, 0.3) is 0 Å². The second-order valence-corrected chi connectivity index (χ2v) is 4.89. The summed E-state index contributed by atoms with van der Waals surface area (Å²) in [6, 6.07) is 4.83. The number of nitrogen functional groups attached to an aromatic ring is 1. The Kier molecular flexibility index (Phi) is 6.87. The summed E-state index contributed by atoms with van der Waals surface area (Å²) < 4.78 is 15.6. The van der Waals surface area contributed by atoms with Gasteiger partial charge in [0.1, 0.15) is 12.4 Å². The molecule has 0 saturated heterocycles. The van der Waals surface area contributed by atoms with Crippen LogP contribution in [0.2, 0.25) is 0 Å². The zero-order chi connectivity index (χ0) is 15.0. The Morgan fingerprint density at radius 1 is 1.25 bits per heavy atom. The minimum Gasteiger partial charge on any atom is -0.489 e. The number of rotatable bonds is 8. The Bertz CT molecular complexity index is 432. The molecule has 0 aliphatic heterocycles. The lowest BCUT2D eigenvalue weighted by Crippen LogP contribution is -2.10. The van der Waals surface area contributed by atoms with Crippen molar-refractivity contribution in [2.75, 3.05) is 32.7 Å². The molecule has 1 rings (SSSR count). The fourth-order valence-electron chi connectivity index (χ4n) is 1.56. The van der Waals surface area contributed by atoms with E-state index in [4.69, 9.17) is 15.2 Å². The lowest BCUT2D eigenvalue weighted by atomic mass is 10.1. The Balaban J connectivity index is 2.36. The largest absolute Gasteiger partial charge is 0.489 e. The highest BCUT2D eigenvalue weighted by Crippen LogP contribution is 2.22. The molecule has 0 atom stereocenters. The molecular weight excluding hydrogens is 258 g/mol. The summed E-state index contributed by atoms with van der Waals surface area (Å²) >= 11 is 0. The normalized spacial score (nSPS) is 10.6. The summed E-state index contributed by atoms with van der Waals surface area (Å²) in [6.07, 6.45) is 1.04. The van der Waals surface area contributed by atoms with Crippen molar-refractivity contribution in [2.45, 2.75) is 20.3 Å². The lowest BCUT2D eigenvalue weighted by Gasteiger charge is -2.10. The Morgan fingerprint density at radius 3 is 2.60 bits per heavy atom. The average Bonchev–Trinajstić information content (AvgIpc) is 2.42. The standard InChI is InChI=1S/C15H23NO4/c1-11(2)6-7-19-8-9-20-14-5-4-12(10-13(14)16)15(17)18-3/h4-5,10-11H,6-9,16H2,1-3H3. The van der Waals surface area contributed by atoms with Gasteiger partial charge in [-0.15, -0.1) is 0 Å². The number of esters is 1. The van der Waals surface area contributed by atoms with Gasteiger partial charge in [0.05, 0.1) is 25.0 Å². The predicted octanol–water partition coefficient (Wildman–Crippen LogP) is 2.50. The number of benzene rings is 1. The SMILES string of the molecule is COC(=O)c1ccc(OCCOCCC(C)C)c(N)c1. The summed E-state index contributed by atoms with van der Waals surface area (Å²) in [7, 11) is 1.33. The summed E-state index contributed by atoms with van der Waals surface area (Å²) in [4.78, 5) is 11.3. The van der Waals surface area contributed by atoms with Gasteiger partial charge in [0.2, 0.25) is 0 Å². The van der Waals surface area contributed by atoms with E-state index in [-0.39, 0.29) is 0 Å². The van der Waals surface area contributed by atoms with Crippen LogP contribution >= 0.6 is 0 Å². The summed E-state index contributed by atoms with van der Waals surface area (Å²) in [6.45, 7) is 6.00. The minimum absolute atomic E-state index is 0.408. The number of carbonyl (C=O) groups excluding carboxylic acids is 1. The Morgan fingerprint density at radius 2 is 2.00 bits per heavy atom. The average molecular weight is 281 g/mol. The van der Waals surface area contributed by atoms with Crippen LogP contribution in [0.15, 0.2) is 18.2 Å². The van der Waals surface area contributed by atoms with E-state index >= 15 is 0 Å². The van der Waals surface area contributed by atoms with Gasteiger partial charge in [0.15, 0.2) is 0 Å². The van der Waals surface area contributed by atoms with E-state index in [0.29, 0.717) is 36.1 Å². The van der Waals surface area contributed by atoms with E-state index in [1.807, 2.05) is 0 Å². The van der Waals surface area contributed by atoms with E-state index in [1.165, 1.54) is 7.11 Å². The van der Waals surface area contributed by atoms with Gasteiger partial charge >= 0.3 is 5.97 Å². The molecule has 0 amide bonds. The Hall–Kier alpha value is -1.75. The van der Waals surface area contributed by atoms with Crippen molar-refractivity contribution in [1.29, 1.82) is 0 Å². The quantitative estimate of drug-likeness (QED) is 0.450. The highest BCUT2D eigenvalue weighted by Gasteiger charge is 2.08. The van der Waals surface area contributed by atoms with Gasteiger partial charge < -0.3 is 19.9 Å². The van der Waals surface area contributed by atoms with E-state index in [0.717, 1.165) is 13.0 Å². The smallest absolute Gasteiger partial charge is 0.337 e. The van der Waals surface area contributed by atoms with Gasteiger partial charge in [-0.05, 0) is 30.5 Å². The molecule has 1 aromatic carbocycles. The maximum absolute atomic E-state index is 11.3. The third kappa shape index (κ3) is 5.48. The summed E-state index contributed by atoms with van der Waals surface area (Å²) in [5.74, 6) is 0.766. The van der Waals surface area contributed by atoms with E-state index in [1.54, 1.807) is 18.2 Å². The fourth-order valence-corrected chi connectivity index (χ4v) is 1.56. The molecular formula is C15H23NO4. The molecule has 0 aliphatic rings. The number of nitrogens with two attached hydrogens (primary N) is 1. The van der Waals surface area contributed by atoms with Crippen LogP contribution in [0, 0.1) is 5.92 Å². The monoisotopic (exact) mass is 281 g/mol. The molecule has 0 radical (unpaired) electrons. The molecule has 1 aromatic rings. The van der Waals surface area contributed by atoms with Crippen molar-refractivity contribution in [2.24, 2.45) is 5.92 Å². The van der Waals surface area contributed by atoms with Crippen molar-refractivity contribution in [3.63, 3.8) is 0 Å². The molecule has 0 fully saturated rings. The molecule has 20 heavy (non-hydrogen) atoms. The van der Waals surface area contributed by atoms with Crippen molar-refractivity contribution >= 4 is 11.7 Å². The topological polar surface area (TPSA) is 70.8 Å². The molecule has 0 spiro atoms. The molecule has 0 aliphatic carbocycles. The maximum Gasteiger partial charge on any atom is 0.337 e. The third-order valence-electron chi connectivity index (χ3n) is 2.76. The molecule has 0 unspecified atom stereocenters. The van der Waals surface area contributed by atoms with E-state index < -0.39 is 5.97 Å². The van der Waals surface area contributed by atoms with Gasteiger partial charge in [0.25, 0.3) is 0 Å². The number of hydrogen-bond acceptors (Lipinski definition) is 5. The van der Waals surface area contributed by atoms with Crippen molar-refractivity contribution in [1.82, 2.24) is 0 Å². The first-order valence-electron chi connectivity index (χ1n) is 6.73. The van der Waals surface area contributed by atoms with Crippen LogP contribution in [0.4, 0.5) is 5.69 Å². The van der Waals surface area contributed by atoms with Gasteiger partial charge in [-0.1, -0.05) is 13.8 Å². The van der Waals surface area contributed by atoms with E-state index in [9.17, 15) is 4.79 Å². The Labute approximate surface area is 120 Å². The molecule has 2 N–H and O–H groups in total. The third-order valence-corrected chi connectivity index (χ3v) is 2.76. The van der Waals surface area contributed by atoms with Crippen molar-refractivity contribution in [3.8, 4) is 5.75 Å². The van der Waals surface area contributed by atoms with Gasteiger partial charge in [-0.2, -0.15) is 0 Å². The van der Waals surface area contributed by atoms with Crippen LogP contribution in [-0.4, -0.2) is 32.9 Å².